The summed E-state index contributed by atoms with van der Waals surface area (Å²) < 4.78 is 0. The van der Waals surface area contributed by atoms with Crippen LogP contribution in [0.5, 0.6) is 0 Å². The highest BCUT2D eigenvalue weighted by Gasteiger charge is 2.26. The summed E-state index contributed by atoms with van der Waals surface area (Å²) in [6.07, 6.45) is 4.08. The second-order valence-corrected chi connectivity index (χ2v) is 5.65. The van der Waals surface area contributed by atoms with Gasteiger partial charge in [-0.05, 0) is 51.8 Å². The van der Waals surface area contributed by atoms with Gasteiger partial charge >= 0.3 is 5.97 Å². The third-order valence-electron chi connectivity index (χ3n) is 3.83. The van der Waals surface area contributed by atoms with Crippen LogP contribution < -0.4 is 0 Å². The van der Waals surface area contributed by atoms with Crippen LogP contribution in [0.2, 0.25) is 0 Å². The van der Waals surface area contributed by atoms with Crippen molar-refractivity contribution in [1.82, 2.24) is 4.90 Å². The van der Waals surface area contributed by atoms with E-state index in [2.05, 4.69) is 36.9 Å². The van der Waals surface area contributed by atoms with Crippen molar-refractivity contribution in [2.45, 2.75) is 45.6 Å². The summed E-state index contributed by atoms with van der Waals surface area (Å²) in [5, 5.41) is 9.48. The number of benzene rings is 1. The molecule has 0 spiro atoms. The summed E-state index contributed by atoms with van der Waals surface area (Å²) in [6, 6.07) is 5.96. The van der Waals surface area contributed by atoms with Gasteiger partial charge in [-0.2, -0.15) is 0 Å². The van der Waals surface area contributed by atoms with Crippen molar-refractivity contribution in [2.75, 3.05) is 13.1 Å². The van der Waals surface area contributed by atoms with Gasteiger partial charge in [-0.3, -0.25) is 9.69 Å². The molecule has 1 heterocycles. The van der Waals surface area contributed by atoms with Gasteiger partial charge in [-0.1, -0.05) is 35.7 Å². The van der Waals surface area contributed by atoms with Gasteiger partial charge in [0.2, 0.25) is 0 Å². The van der Waals surface area contributed by atoms with Crippen LogP contribution in [0.15, 0.2) is 18.2 Å². The van der Waals surface area contributed by atoms with Gasteiger partial charge < -0.3 is 5.11 Å². The first-order valence-electron chi connectivity index (χ1n) is 7.10. The highest BCUT2D eigenvalue weighted by Crippen LogP contribution is 2.17. The third-order valence-corrected chi connectivity index (χ3v) is 3.83. The minimum Gasteiger partial charge on any atom is -0.480 e. The van der Waals surface area contributed by atoms with E-state index >= 15 is 0 Å². The van der Waals surface area contributed by atoms with Gasteiger partial charge in [0.25, 0.3) is 0 Å². The number of aryl methyl sites for hydroxylation is 2. The van der Waals surface area contributed by atoms with Crippen molar-refractivity contribution in [3.8, 4) is 0 Å². The topological polar surface area (TPSA) is 40.5 Å². The van der Waals surface area contributed by atoms with Gasteiger partial charge in [0, 0.05) is 0 Å². The molecule has 1 saturated heterocycles. The molecule has 0 bridgehead atoms. The van der Waals surface area contributed by atoms with Crippen LogP contribution in [0.25, 0.3) is 0 Å². The quantitative estimate of drug-likeness (QED) is 0.906. The van der Waals surface area contributed by atoms with Crippen LogP contribution in [-0.4, -0.2) is 35.1 Å². The largest absolute Gasteiger partial charge is 0.480 e. The fourth-order valence-corrected chi connectivity index (χ4v) is 3.01. The number of likely N-dealkylation sites (tertiary alicyclic amines) is 1. The third kappa shape index (κ3) is 3.80. The maximum atomic E-state index is 11.5. The SMILES string of the molecule is Cc1cc(C)cc(C[C@@H](C(=O)O)N2CCCCC2)c1. The van der Waals surface area contributed by atoms with Crippen LogP contribution in [-0.2, 0) is 11.2 Å². The molecule has 19 heavy (non-hydrogen) atoms. The predicted molar refractivity (Wildman–Crippen MR) is 76.5 cm³/mol. The molecule has 1 N–H and O–H groups in total. The minimum atomic E-state index is -0.693. The molecule has 1 aromatic rings. The van der Waals surface area contributed by atoms with Crippen LogP contribution in [0.1, 0.15) is 36.0 Å². The number of carboxylic acids is 1. The molecule has 1 aromatic carbocycles. The fraction of sp³-hybridized carbons (Fsp3) is 0.562. The van der Waals surface area contributed by atoms with Crippen LogP contribution in [0.3, 0.4) is 0 Å². The van der Waals surface area contributed by atoms with Crippen molar-refractivity contribution in [3.05, 3.63) is 34.9 Å². The molecule has 0 saturated carbocycles. The molecule has 0 aromatic heterocycles. The molecule has 1 aliphatic heterocycles. The number of hydrogen-bond acceptors (Lipinski definition) is 2. The van der Waals surface area contributed by atoms with Crippen molar-refractivity contribution in [3.63, 3.8) is 0 Å². The zero-order valence-electron chi connectivity index (χ0n) is 11.9. The van der Waals surface area contributed by atoms with Crippen molar-refractivity contribution in [2.24, 2.45) is 0 Å². The number of carboxylic acid groups (broad SMARTS) is 1. The zero-order valence-corrected chi connectivity index (χ0v) is 11.9. The summed E-state index contributed by atoms with van der Waals surface area (Å²) in [7, 11) is 0. The molecule has 104 valence electrons. The maximum absolute atomic E-state index is 11.5. The van der Waals surface area contributed by atoms with E-state index in [4.69, 9.17) is 0 Å². The number of piperidine rings is 1. The molecule has 3 heteroatoms. The Balaban J connectivity index is 2.13. The molecular formula is C16H23NO2. The fourth-order valence-electron chi connectivity index (χ4n) is 3.01. The smallest absolute Gasteiger partial charge is 0.321 e. The normalized spacial score (nSPS) is 18.2. The Morgan fingerprint density at radius 2 is 1.74 bits per heavy atom. The monoisotopic (exact) mass is 261 g/mol. The van der Waals surface area contributed by atoms with E-state index in [1.165, 1.54) is 17.5 Å². The Morgan fingerprint density at radius 1 is 1.16 bits per heavy atom. The minimum absolute atomic E-state index is 0.374. The molecule has 0 amide bonds. The summed E-state index contributed by atoms with van der Waals surface area (Å²) in [5.41, 5.74) is 3.55. The summed E-state index contributed by atoms with van der Waals surface area (Å²) in [4.78, 5) is 13.7. The van der Waals surface area contributed by atoms with Crippen molar-refractivity contribution < 1.29 is 9.90 Å². The van der Waals surface area contributed by atoms with Crippen molar-refractivity contribution in [1.29, 1.82) is 0 Å². The highest BCUT2D eigenvalue weighted by molar-refractivity contribution is 5.74. The lowest BCUT2D eigenvalue weighted by Crippen LogP contribution is -2.45. The van der Waals surface area contributed by atoms with E-state index in [9.17, 15) is 9.90 Å². The lowest BCUT2D eigenvalue weighted by Gasteiger charge is -2.32. The van der Waals surface area contributed by atoms with E-state index in [1.807, 2.05) is 0 Å². The summed E-state index contributed by atoms with van der Waals surface area (Å²) >= 11 is 0. The molecule has 0 radical (unpaired) electrons. The molecule has 0 aliphatic carbocycles. The Bertz CT molecular complexity index is 430. The van der Waals surface area contributed by atoms with Gasteiger partial charge in [-0.15, -0.1) is 0 Å². The van der Waals surface area contributed by atoms with Gasteiger partial charge in [0.05, 0.1) is 0 Å². The van der Waals surface area contributed by atoms with Crippen molar-refractivity contribution >= 4 is 5.97 Å². The number of aliphatic carboxylic acids is 1. The van der Waals surface area contributed by atoms with Crippen LogP contribution >= 0.6 is 0 Å². The molecule has 1 aliphatic rings. The van der Waals surface area contributed by atoms with Gasteiger partial charge in [0.15, 0.2) is 0 Å². The lowest BCUT2D eigenvalue weighted by molar-refractivity contribution is -0.143. The van der Waals surface area contributed by atoms with Crippen LogP contribution in [0, 0.1) is 13.8 Å². The van der Waals surface area contributed by atoms with E-state index in [0.717, 1.165) is 31.5 Å². The molecule has 2 rings (SSSR count). The molecule has 1 atom stereocenters. The first-order chi connectivity index (χ1) is 9.06. The van der Waals surface area contributed by atoms with E-state index in [0.29, 0.717) is 6.42 Å². The Labute approximate surface area is 115 Å². The van der Waals surface area contributed by atoms with Gasteiger partial charge in [0.1, 0.15) is 6.04 Å². The Morgan fingerprint density at radius 3 is 2.26 bits per heavy atom. The average molecular weight is 261 g/mol. The Hall–Kier alpha value is -1.35. The summed E-state index contributed by atoms with van der Waals surface area (Å²) in [5.74, 6) is -0.693. The van der Waals surface area contributed by atoms with E-state index in [1.54, 1.807) is 0 Å². The predicted octanol–water partition coefficient (Wildman–Crippen LogP) is 2.79. The number of rotatable bonds is 4. The molecular weight excluding hydrogens is 238 g/mol. The molecule has 0 unspecified atom stereocenters. The molecule has 1 fully saturated rings. The maximum Gasteiger partial charge on any atom is 0.321 e. The van der Waals surface area contributed by atoms with Gasteiger partial charge in [-0.25, -0.2) is 0 Å². The average Bonchev–Trinajstić information content (AvgIpc) is 2.35. The van der Waals surface area contributed by atoms with E-state index in [-0.39, 0.29) is 6.04 Å². The summed E-state index contributed by atoms with van der Waals surface area (Å²) in [6.45, 7) is 5.96. The number of hydrogen-bond donors (Lipinski definition) is 1. The number of nitrogens with zero attached hydrogens (tertiary/aromatic N) is 1. The second kappa shape index (κ2) is 6.20. The molecule has 3 nitrogen and oxygen atoms in total. The van der Waals surface area contributed by atoms with E-state index < -0.39 is 5.97 Å². The highest BCUT2D eigenvalue weighted by atomic mass is 16.4. The zero-order chi connectivity index (χ0) is 13.8. The second-order valence-electron chi connectivity index (χ2n) is 5.65. The Kier molecular flexibility index (Phi) is 4.59. The first-order valence-corrected chi connectivity index (χ1v) is 7.10. The first kappa shape index (κ1) is 14.1. The van der Waals surface area contributed by atoms with Crippen LogP contribution in [0.4, 0.5) is 0 Å². The standard InChI is InChI=1S/C16H23NO2/c1-12-8-13(2)10-14(9-12)11-15(16(18)19)17-6-4-3-5-7-17/h8-10,15H,3-7,11H2,1-2H3,(H,18,19)/t15-/m0/s1. The number of carbonyl (C=O) groups is 1. The lowest BCUT2D eigenvalue weighted by atomic mass is 9.99.